The molecule has 0 saturated carbocycles. The van der Waals surface area contributed by atoms with Crippen molar-refractivity contribution in [1.82, 2.24) is 19.5 Å². The smallest absolute Gasteiger partial charge is 0.501 e. The van der Waals surface area contributed by atoms with Gasteiger partial charge in [0, 0.05) is 46.8 Å². The van der Waals surface area contributed by atoms with Gasteiger partial charge in [0.25, 0.3) is 0 Å². The monoisotopic (exact) mass is 1150 g/mol. The van der Waals surface area contributed by atoms with Crippen LogP contribution in [0.25, 0.3) is 83.8 Å². The number of benzene rings is 7. The summed E-state index contributed by atoms with van der Waals surface area (Å²) in [6.07, 6.45) is 4.92. The molecule has 0 atom stereocenters. The molecular formula is C68H63IrN4O. The van der Waals surface area contributed by atoms with E-state index in [1.807, 2.05) is 121 Å². The zero-order chi connectivity index (χ0) is 58.7. The van der Waals surface area contributed by atoms with Gasteiger partial charge in [-0.2, -0.15) is 0 Å². The van der Waals surface area contributed by atoms with Gasteiger partial charge in [-0.15, -0.1) is 90.0 Å². The predicted molar refractivity (Wildman–Crippen MR) is 304 cm³/mol. The van der Waals surface area contributed by atoms with Crippen LogP contribution in [0, 0.1) is 37.3 Å². The molecular weight excluding hydrogens is 1080 g/mol. The van der Waals surface area contributed by atoms with Crippen molar-refractivity contribution in [1.29, 1.82) is 0 Å². The summed E-state index contributed by atoms with van der Waals surface area (Å²) in [5, 5.41) is 1.67. The summed E-state index contributed by atoms with van der Waals surface area (Å²) >= 11 is 0. The average molecular weight is 1150 g/mol. The molecule has 0 aliphatic carbocycles. The summed E-state index contributed by atoms with van der Waals surface area (Å²) in [5.41, 5.74) is 9.33. The van der Waals surface area contributed by atoms with Crippen molar-refractivity contribution in [3.8, 4) is 61.8 Å². The average Bonchev–Trinajstić information content (AvgIpc) is 3.14. The van der Waals surface area contributed by atoms with Gasteiger partial charge in [0.1, 0.15) is 5.58 Å². The van der Waals surface area contributed by atoms with Gasteiger partial charge in [0.2, 0.25) is 0 Å². The van der Waals surface area contributed by atoms with Gasteiger partial charge in [-0.05, 0) is 111 Å². The second kappa shape index (κ2) is 23.6. The summed E-state index contributed by atoms with van der Waals surface area (Å²) in [7, 11) is 0. The molecule has 4 heterocycles. The Labute approximate surface area is 464 Å². The van der Waals surface area contributed by atoms with Crippen LogP contribution in [-0.4, -0.2) is 19.5 Å². The maximum absolute atomic E-state index is 8.98. The first-order valence-corrected chi connectivity index (χ1v) is 24.5. The number of aryl methyl sites for hydroxylation is 2. The Morgan fingerprint density at radius 1 is 0.622 bits per heavy atom. The van der Waals surface area contributed by atoms with E-state index in [0.29, 0.717) is 28.6 Å². The predicted octanol–water partition coefficient (Wildman–Crippen LogP) is 18.1. The van der Waals surface area contributed by atoms with E-state index < -0.39 is 25.5 Å². The minimum atomic E-state index is -2.79. The zero-order valence-corrected chi connectivity index (χ0v) is 45.0. The number of aromatic nitrogens is 4. The fraction of sp³-hybridized carbons (Fsp3) is 0.191. The van der Waals surface area contributed by atoms with Gasteiger partial charge in [0.05, 0.1) is 12.8 Å². The molecule has 0 aliphatic rings. The Hall–Kier alpha value is -7.50. The Morgan fingerprint density at radius 2 is 1.34 bits per heavy atom. The minimum absolute atomic E-state index is 0. The molecule has 0 radical (unpaired) electrons. The topological polar surface area (TPSA) is 56.7 Å². The summed E-state index contributed by atoms with van der Waals surface area (Å²) in [4.78, 5) is 13.3. The summed E-state index contributed by atoms with van der Waals surface area (Å²) in [6.45, 7) is 8.58. The number of furan rings is 1. The molecule has 0 N–H and O–H groups in total. The van der Waals surface area contributed by atoms with E-state index in [-0.39, 0.29) is 59.7 Å². The summed E-state index contributed by atoms with van der Waals surface area (Å²) in [5.74, 6) is 1.86. The van der Waals surface area contributed by atoms with Crippen LogP contribution in [0.2, 0.25) is 0 Å². The number of imidazole rings is 1. The summed E-state index contributed by atoms with van der Waals surface area (Å²) in [6, 6.07) is 61.1. The number of pyridine rings is 2. The maximum atomic E-state index is 8.98. The Morgan fingerprint density at radius 3 is 2.00 bits per heavy atom. The number of hydrogen-bond donors (Lipinski definition) is 0. The first kappa shape index (κ1) is 41.9. The largest absolute Gasteiger partial charge is 3.00 e. The first-order chi connectivity index (χ1) is 38.9. The third-order valence-electron chi connectivity index (χ3n) is 12.3. The maximum Gasteiger partial charge on any atom is 3.00 e. The Kier molecular flexibility index (Phi) is 13.4. The fourth-order valence-electron chi connectivity index (χ4n) is 8.85. The molecule has 4 aromatic heterocycles. The molecule has 6 heteroatoms. The van der Waals surface area contributed by atoms with E-state index in [4.69, 9.17) is 16.8 Å². The molecule has 74 heavy (non-hydrogen) atoms. The molecule has 0 bridgehead atoms. The molecule has 11 aromatic rings. The van der Waals surface area contributed by atoms with E-state index in [1.165, 1.54) is 41.2 Å². The van der Waals surface area contributed by atoms with Gasteiger partial charge in [-0.25, -0.2) is 0 Å². The number of nitrogens with zero attached hydrogens (tertiary/aromatic N) is 4. The van der Waals surface area contributed by atoms with Gasteiger partial charge in [-0.1, -0.05) is 156 Å². The Bertz CT molecular complexity index is 3920. The van der Waals surface area contributed by atoms with Crippen molar-refractivity contribution < 1.29 is 36.9 Å². The van der Waals surface area contributed by atoms with E-state index in [1.54, 1.807) is 33.0 Å². The van der Waals surface area contributed by atoms with Crippen LogP contribution < -0.4 is 0 Å². The molecule has 0 spiro atoms. The second-order valence-corrected chi connectivity index (χ2v) is 19.4. The molecule has 0 fully saturated rings. The molecule has 0 aliphatic heterocycles. The SMILES string of the molecule is CC(C)c1cccc(C(C)C)c1-n1ccnc1-c1[c-]cccc1.[2H]c1cc(C([2H])([2H])C(C)(C)C)cc(C([2H])([2H])[2H])c1-c1cc(-c2[c-]ccc3c2oc2cc(-c4ccccc4)ccc23)ncc1C([2H])([2H])[2H].[Ir+3].[c-]1ccccc1-c1ccccn1. The van der Waals surface area contributed by atoms with Crippen LogP contribution in [-0.2, 0) is 26.5 Å². The van der Waals surface area contributed by atoms with Crippen LogP contribution in [0.3, 0.4) is 0 Å². The number of rotatable bonds is 9. The number of hydrogen-bond acceptors (Lipinski definition) is 4. The van der Waals surface area contributed by atoms with Gasteiger partial charge < -0.3 is 19.0 Å². The van der Waals surface area contributed by atoms with Crippen molar-refractivity contribution in [2.75, 3.05) is 0 Å². The van der Waals surface area contributed by atoms with E-state index in [0.717, 1.165) is 44.5 Å². The molecule has 370 valence electrons. The van der Waals surface area contributed by atoms with Crippen LogP contribution >= 0.6 is 0 Å². The zero-order valence-electron chi connectivity index (χ0n) is 51.6. The van der Waals surface area contributed by atoms with E-state index in [9.17, 15) is 0 Å². The summed E-state index contributed by atoms with van der Waals surface area (Å²) < 4.78 is 84.9. The molecule has 0 saturated heterocycles. The van der Waals surface area contributed by atoms with Gasteiger partial charge in [0.15, 0.2) is 0 Å². The second-order valence-electron chi connectivity index (χ2n) is 19.4. The number of fused-ring (bicyclic) bond motifs is 3. The van der Waals surface area contributed by atoms with Crippen molar-refractivity contribution in [2.45, 2.75) is 80.4 Å². The molecule has 7 aromatic carbocycles. The van der Waals surface area contributed by atoms with Crippen molar-refractivity contribution >= 4 is 21.9 Å². The van der Waals surface area contributed by atoms with Gasteiger partial charge >= 0.3 is 20.1 Å². The third-order valence-corrected chi connectivity index (χ3v) is 12.3. The quantitative estimate of drug-likeness (QED) is 0.135. The third kappa shape index (κ3) is 12.1. The number of para-hydroxylation sites is 1. The van der Waals surface area contributed by atoms with Crippen LogP contribution in [0.15, 0.2) is 199 Å². The molecule has 0 unspecified atom stereocenters. The molecule has 0 amide bonds. The van der Waals surface area contributed by atoms with Crippen molar-refractivity contribution in [2.24, 2.45) is 5.41 Å². The first-order valence-electron chi connectivity index (χ1n) is 29.0. The van der Waals surface area contributed by atoms with Crippen molar-refractivity contribution in [3.05, 3.63) is 241 Å². The van der Waals surface area contributed by atoms with Crippen LogP contribution in [0.1, 0.15) is 100 Å². The van der Waals surface area contributed by atoms with Crippen molar-refractivity contribution in [3.63, 3.8) is 0 Å². The molecule has 11 rings (SSSR count). The Balaban J connectivity index is 0.000000204. The van der Waals surface area contributed by atoms with Gasteiger partial charge in [-0.3, -0.25) is 4.98 Å². The fourth-order valence-corrected chi connectivity index (χ4v) is 8.85. The molecule has 5 nitrogen and oxygen atoms in total. The van der Waals surface area contributed by atoms with Crippen LogP contribution in [0.4, 0.5) is 0 Å². The van der Waals surface area contributed by atoms with E-state index >= 15 is 0 Å². The van der Waals surface area contributed by atoms with E-state index in [2.05, 4.69) is 95.9 Å². The minimum Gasteiger partial charge on any atom is -0.501 e. The normalized spacial score (nSPS) is 13.6. The van der Waals surface area contributed by atoms with Crippen LogP contribution in [0.5, 0.6) is 0 Å². The standard InChI is InChI=1S/C36H32NO.C21H23N2.C11H8N.Ir/c1-23-18-25(21-36(3,4)5)14-16-28(23)32-20-33(37-22-24(32)2)31-13-9-12-30-29-17-15-27(19-34(29)38-35(30)31)26-10-7-6-8-11-26;1-15(2)18-11-8-12-19(16(3)4)20(18)23-14-13-22-21(23)17-9-6-5-7-10-17;1-2-6-10(7-3-1)11-8-4-5-9-12-11;/h6-12,14-20,22H,21H2,1-5H3;5-9,11-16H,1-4H3;1-6,8-9H;/q3*-1;+3/i1D3,2D3,16D,21D2;;;.